The fourth-order valence-electron chi connectivity index (χ4n) is 5.41. The van der Waals surface area contributed by atoms with E-state index in [9.17, 15) is 26.4 Å². The summed E-state index contributed by atoms with van der Waals surface area (Å²) in [4.78, 5) is 28.4. The molecule has 3 aromatic carbocycles. The predicted molar refractivity (Wildman–Crippen MR) is 152 cm³/mol. The zero-order valence-electron chi connectivity index (χ0n) is 22.3. The molecule has 1 atom stereocenters. The average Bonchev–Trinajstić information content (AvgIpc) is 3.21. The van der Waals surface area contributed by atoms with Gasteiger partial charge >= 0.3 is 0 Å². The molecule has 1 unspecified atom stereocenters. The van der Waals surface area contributed by atoms with Crippen molar-refractivity contribution in [3.8, 4) is 0 Å². The van der Waals surface area contributed by atoms with Crippen molar-refractivity contribution in [2.75, 3.05) is 43.3 Å². The van der Waals surface area contributed by atoms with Crippen LogP contribution in [0, 0.1) is 0 Å². The van der Waals surface area contributed by atoms with E-state index in [0.717, 1.165) is 17.3 Å². The van der Waals surface area contributed by atoms with E-state index in [1.165, 1.54) is 28.6 Å². The van der Waals surface area contributed by atoms with Crippen LogP contribution in [-0.4, -0.2) is 72.1 Å². The van der Waals surface area contributed by atoms with Crippen LogP contribution < -0.4 is 10.2 Å². The van der Waals surface area contributed by atoms with Gasteiger partial charge in [-0.05, 0) is 61.7 Å². The molecule has 0 saturated carbocycles. The van der Waals surface area contributed by atoms with Gasteiger partial charge in [-0.1, -0.05) is 18.6 Å². The molecule has 0 aromatic heterocycles. The molecule has 0 bridgehead atoms. The van der Waals surface area contributed by atoms with Crippen LogP contribution in [0.15, 0.2) is 64.4 Å². The summed E-state index contributed by atoms with van der Waals surface area (Å²) in [7, 11) is -5.94. The Bertz CT molecular complexity index is 1690. The summed E-state index contributed by atoms with van der Waals surface area (Å²) < 4.78 is 57.0. The maximum Gasteiger partial charge on any atom is 0.258 e. The van der Waals surface area contributed by atoms with Crippen LogP contribution in [0.5, 0.6) is 0 Å². The number of carbonyl (C=O) groups is 2. The summed E-state index contributed by atoms with van der Waals surface area (Å²) in [5.41, 5.74) is 1.82. The van der Waals surface area contributed by atoms with Crippen molar-refractivity contribution >= 4 is 53.8 Å². The molecule has 0 radical (unpaired) electrons. The van der Waals surface area contributed by atoms with Crippen molar-refractivity contribution in [1.29, 1.82) is 0 Å². The maximum atomic E-state index is 13.6. The molecular formula is C28H31N3O7S2. The quantitative estimate of drug-likeness (QED) is 0.381. The largest absolute Gasteiger partial charge is 0.385 e. The maximum absolute atomic E-state index is 13.6. The van der Waals surface area contributed by atoms with Crippen molar-refractivity contribution in [2.24, 2.45) is 0 Å². The van der Waals surface area contributed by atoms with Crippen LogP contribution in [0.25, 0.3) is 10.8 Å². The number of carbonyl (C=O) groups excluding carboxylic acids is 2. The van der Waals surface area contributed by atoms with Gasteiger partial charge in [-0.15, -0.1) is 0 Å². The van der Waals surface area contributed by atoms with Crippen molar-refractivity contribution in [3.63, 3.8) is 0 Å². The second kappa shape index (κ2) is 10.9. The highest BCUT2D eigenvalue weighted by Crippen LogP contribution is 2.41. The normalized spacial score (nSPS) is 17.9. The first kappa shape index (κ1) is 28.2. The summed E-state index contributed by atoms with van der Waals surface area (Å²) in [6, 6.07) is 13.0. The van der Waals surface area contributed by atoms with Crippen LogP contribution in [0.1, 0.15) is 36.0 Å². The number of hydrogen-bond acceptors (Lipinski definition) is 7. The number of rotatable bonds is 9. The van der Waals surface area contributed by atoms with Crippen molar-refractivity contribution in [2.45, 2.75) is 41.5 Å². The molecule has 12 heteroatoms. The Morgan fingerprint density at radius 2 is 1.73 bits per heavy atom. The highest BCUT2D eigenvalue weighted by molar-refractivity contribution is 7.90. The Hall–Kier alpha value is -3.32. The van der Waals surface area contributed by atoms with Gasteiger partial charge in [-0.25, -0.2) is 16.8 Å². The number of benzene rings is 3. The van der Waals surface area contributed by atoms with Gasteiger partial charge in [0.05, 0.1) is 15.5 Å². The van der Waals surface area contributed by atoms with Crippen molar-refractivity contribution in [1.82, 2.24) is 4.31 Å². The van der Waals surface area contributed by atoms with E-state index in [2.05, 4.69) is 5.32 Å². The van der Waals surface area contributed by atoms with E-state index in [4.69, 9.17) is 4.74 Å². The van der Waals surface area contributed by atoms with Gasteiger partial charge in [0, 0.05) is 55.1 Å². The molecule has 1 fully saturated rings. The predicted octanol–water partition coefficient (Wildman–Crippen LogP) is 3.42. The third-order valence-electron chi connectivity index (χ3n) is 7.39. The van der Waals surface area contributed by atoms with Gasteiger partial charge in [0.2, 0.25) is 15.9 Å². The third kappa shape index (κ3) is 5.12. The number of sulfone groups is 1. The van der Waals surface area contributed by atoms with Gasteiger partial charge in [-0.2, -0.15) is 4.31 Å². The van der Waals surface area contributed by atoms with Crippen LogP contribution in [0.4, 0.5) is 11.4 Å². The lowest BCUT2D eigenvalue weighted by Crippen LogP contribution is -2.49. The van der Waals surface area contributed by atoms with Gasteiger partial charge in [0.1, 0.15) is 6.04 Å². The topological polar surface area (TPSA) is 130 Å². The second-order valence-corrected chi connectivity index (χ2v) is 13.9. The smallest absolute Gasteiger partial charge is 0.258 e. The standard InChI is InChI=1S/C28H31N3O7S2/c1-38-18-6-16-30-24-15-14-23(21-7-5-8-22(26(21)24)28(30)33)29-27(32)25-9-3-4-17-31(25)40(36,37)20-12-10-19(11-13-20)39(2,34)35/h5,7-8,10-15,25H,3-4,6,9,16-18H2,1-2H3,(H,29,32). The van der Waals surface area contributed by atoms with E-state index in [0.29, 0.717) is 55.5 Å². The van der Waals surface area contributed by atoms with Crippen LogP contribution >= 0.6 is 0 Å². The first-order chi connectivity index (χ1) is 19.0. The third-order valence-corrected chi connectivity index (χ3v) is 10.4. The monoisotopic (exact) mass is 585 g/mol. The summed E-state index contributed by atoms with van der Waals surface area (Å²) in [6.45, 7) is 1.20. The highest BCUT2D eigenvalue weighted by atomic mass is 32.2. The molecule has 0 aliphatic carbocycles. The number of ether oxygens (including phenoxy) is 1. The number of methoxy groups -OCH3 is 1. The Balaban J connectivity index is 1.43. The van der Waals surface area contributed by atoms with Gasteiger partial charge in [0.25, 0.3) is 5.91 Å². The molecule has 40 heavy (non-hydrogen) atoms. The number of piperidine rings is 1. The lowest BCUT2D eigenvalue weighted by atomic mass is 10.0. The zero-order chi connectivity index (χ0) is 28.7. The van der Waals surface area contributed by atoms with E-state index in [1.807, 2.05) is 6.07 Å². The second-order valence-electron chi connectivity index (χ2n) is 10.0. The van der Waals surface area contributed by atoms with E-state index < -0.39 is 31.8 Å². The summed E-state index contributed by atoms with van der Waals surface area (Å²) in [6.07, 6.45) is 3.37. The fraction of sp³-hybridized carbons (Fsp3) is 0.357. The Labute approximate surface area is 233 Å². The van der Waals surface area contributed by atoms with Gasteiger partial charge in [0.15, 0.2) is 9.84 Å². The molecule has 3 aromatic rings. The molecular weight excluding hydrogens is 554 g/mol. The molecule has 5 rings (SSSR count). The molecule has 212 valence electrons. The fourth-order valence-corrected chi connectivity index (χ4v) is 7.70. The number of sulfonamides is 1. The van der Waals surface area contributed by atoms with Gasteiger partial charge in [-0.3, -0.25) is 9.59 Å². The number of amides is 2. The highest BCUT2D eigenvalue weighted by Gasteiger charge is 2.38. The van der Waals surface area contributed by atoms with Crippen LogP contribution in [0.2, 0.25) is 0 Å². The first-order valence-corrected chi connectivity index (χ1v) is 16.4. The number of hydrogen-bond donors (Lipinski definition) is 1. The molecule has 1 saturated heterocycles. The number of nitrogens with one attached hydrogen (secondary N) is 1. The van der Waals surface area contributed by atoms with E-state index in [1.54, 1.807) is 36.3 Å². The SMILES string of the molecule is COCCCN1C(=O)c2cccc3c(NC(=O)C4CCCCN4S(=O)(=O)c4ccc(S(C)(=O)=O)cc4)ccc1c23. The van der Waals surface area contributed by atoms with E-state index in [-0.39, 0.29) is 22.2 Å². The Morgan fingerprint density at radius 3 is 2.42 bits per heavy atom. The minimum atomic E-state index is -4.07. The van der Waals surface area contributed by atoms with E-state index >= 15 is 0 Å². The van der Waals surface area contributed by atoms with Crippen molar-refractivity contribution in [3.05, 3.63) is 60.2 Å². The summed E-state index contributed by atoms with van der Waals surface area (Å²) >= 11 is 0. The lowest BCUT2D eigenvalue weighted by molar-refractivity contribution is -0.120. The van der Waals surface area contributed by atoms with Gasteiger partial charge < -0.3 is 15.0 Å². The first-order valence-electron chi connectivity index (χ1n) is 13.0. The molecule has 1 N–H and O–H groups in total. The summed E-state index contributed by atoms with van der Waals surface area (Å²) in [5, 5.41) is 4.38. The Kier molecular flexibility index (Phi) is 7.71. The lowest BCUT2D eigenvalue weighted by Gasteiger charge is -2.33. The minimum Gasteiger partial charge on any atom is -0.385 e. The number of anilines is 2. The van der Waals surface area contributed by atoms with Crippen molar-refractivity contribution < 1.29 is 31.2 Å². The molecule has 10 nitrogen and oxygen atoms in total. The average molecular weight is 586 g/mol. The molecule has 2 amide bonds. The summed E-state index contributed by atoms with van der Waals surface area (Å²) in [5.74, 6) is -0.565. The minimum absolute atomic E-state index is 0.0159. The Morgan fingerprint density at radius 1 is 1.00 bits per heavy atom. The van der Waals surface area contributed by atoms with Crippen LogP contribution in [0.3, 0.4) is 0 Å². The molecule has 0 spiro atoms. The zero-order valence-corrected chi connectivity index (χ0v) is 23.9. The number of nitrogens with zero attached hydrogens (tertiary/aromatic N) is 2. The molecule has 2 heterocycles. The van der Waals surface area contributed by atoms with Crippen LogP contribution in [-0.2, 0) is 29.4 Å². The molecule has 2 aliphatic rings. The molecule has 2 aliphatic heterocycles.